The molecule has 2 amide bonds. The highest BCUT2D eigenvalue weighted by Crippen LogP contribution is 2.26. The summed E-state index contributed by atoms with van der Waals surface area (Å²) >= 11 is 0. The van der Waals surface area contributed by atoms with Gasteiger partial charge in [0.05, 0.1) is 5.92 Å². The fourth-order valence-electron chi connectivity index (χ4n) is 1.75. The van der Waals surface area contributed by atoms with E-state index in [0.29, 0.717) is 32.0 Å². The van der Waals surface area contributed by atoms with Gasteiger partial charge in [-0.1, -0.05) is 13.0 Å². The zero-order chi connectivity index (χ0) is 13.5. The van der Waals surface area contributed by atoms with Crippen LogP contribution in [0.3, 0.4) is 0 Å². The number of nitrogens with one attached hydrogen (secondary N) is 1. The van der Waals surface area contributed by atoms with Gasteiger partial charge in [-0.05, 0) is 25.7 Å². The molecular formula is C13H22N2O3. The highest BCUT2D eigenvalue weighted by molar-refractivity contribution is 5.75. The van der Waals surface area contributed by atoms with E-state index >= 15 is 0 Å². The van der Waals surface area contributed by atoms with Crippen LogP contribution in [-0.4, -0.2) is 41.1 Å². The molecule has 18 heavy (non-hydrogen) atoms. The first-order chi connectivity index (χ1) is 8.56. The SMILES string of the molecule is C=CCN(C(=O)NCCCC(C)C(=O)O)C1CC1. The van der Waals surface area contributed by atoms with Crippen molar-refractivity contribution in [3.05, 3.63) is 12.7 Å². The third-order valence-electron chi connectivity index (χ3n) is 3.09. The third-order valence-corrected chi connectivity index (χ3v) is 3.09. The van der Waals surface area contributed by atoms with E-state index in [1.165, 1.54) is 0 Å². The van der Waals surface area contributed by atoms with Crippen LogP contribution in [0.1, 0.15) is 32.6 Å². The molecule has 1 aliphatic carbocycles. The molecule has 0 aromatic carbocycles. The van der Waals surface area contributed by atoms with E-state index in [4.69, 9.17) is 5.11 Å². The first kappa shape index (κ1) is 14.5. The molecule has 1 saturated carbocycles. The first-order valence-corrected chi connectivity index (χ1v) is 6.44. The Bertz CT molecular complexity index is 313. The summed E-state index contributed by atoms with van der Waals surface area (Å²) in [5.41, 5.74) is 0. The number of amides is 2. The summed E-state index contributed by atoms with van der Waals surface area (Å²) in [6.07, 6.45) is 5.13. The van der Waals surface area contributed by atoms with Gasteiger partial charge in [-0.25, -0.2) is 4.79 Å². The Labute approximate surface area is 108 Å². The number of hydrogen-bond acceptors (Lipinski definition) is 2. The van der Waals surface area contributed by atoms with Crippen LogP contribution in [0.15, 0.2) is 12.7 Å². The Morgan fingerprint density at radius 2 is 2.22 bits per heavy atom. The van der Waals surface area contributed by atoms with Crippen molar-refractivity contribution < 1.29 is 14.7 Å². The van der Waals surface area contributed by atoms with Crippen LogP contribution in [0.4, 0.5) is 4.79 Å². The normalized spacial score (nSPS) is 15.8. The van der Waals surface area contributed by atoms with Gasteiger partial charge in [0.15, 0.2) is 0 Å². The Morgan fingerprint density at radius 1 is 1.56 bits per heavy atom. The number of carbonyl (C=O) groups is 2. The summed E-state index contributed by atoms with van der Waals surface area (Å²) in [7, 11) is 0. The predicted molar refractivity (Wildman–Crippen MR) is 69.4 cm³/mol. The second kappa shape index (κ2) is 7.03. The molecule has 0 bridgehead atoms. The van der Waals surface area contributed by atoms with Gasteiger partial charge in [0.25, 0.3) is 0 Å². The summed E-state index contributed by atoms with van der Waals surface area (Å²) < 4.78 is 0. The second-order valence-corrected chi connectivity index (χ2v) is 4.79. The third kappa shape index (κ3) is 4.77. The molecule has 0 aromatic heterocycles. The summed E-state index contributed by atoms with van der Waals surface area (Å²) in [6, 6.07) is 0.293. The lowest BCUT2D eigenvalue weighted by Gasteiger charge is -2.21. The molecule has 102 valence electrons. The lowest BCUT2D eigenvalue weighted by molar-refractivity contribution is -0.141. The minimum Gasteiger partial charge on any atom is -0.481 e. The molecule has 5 heteroatoms. The minimum absolute atomic E-state index is 0.0691. The summed E-state index contributed by atoms with van der Waals surface area (Å²) in [4.78, 5) is 24.2. The zero-order valence-electron chi connectivity index (χ0n) is 10.9. The maximum atomic E-state index is 11.8. The zero-order valence-corrected chi connectivity index (χ0v) is 10.9. The average Bonchev–Trinajstić information content (AvgIpc) is 3.14. The molecule has 0 saturated heterocycles. The first-order valence-electron chi connectivity index (χ1n) is 6.44. The molecule has 0 radical (unpaired) electrons. The van der Waals surface area contributed by atoms with Crippen molar-refractivity contribution in [2.45, 2.75) is 38.6 Å². The van der Waals surface area contributed by atoms with Crippen molar-refractivity contribution >= 4 is 12.0 Å². The van der Waals surface area contributed by atoms with Crippen LogP contribution < -0.4 is 5.32 Å². The summed E-state index contributed by atoms with van der Waals surface area (Å²) in [6.45, 7) is 6.42. The average molecular weight is 254 g/mol. The molecule has 1 atom stereocenters. The van der Waals surface area contributed by atoms with Crippen molar-refractivity contribution in [3.63, 3.8) is 0 Å². The molecular weight excluding hydrogens is 232 g/mol. The number of nitrogens with zero attached hydrogens (tertiary/aromatic N) is 1. The highest BCUT2D eigenvalue weighted by atomic mass is 16.4. The number of carbonyl (C=O) groups excluding carboxylic acids is 1. The Balaban J connectivity index is 2.19. The van der Waals surface area contributed by atoms with Crippen LogP contribution in [0.2, 0.25) is 0 Å². The van der Waals surface area contributed by atoms with Gasteiger partial charge in [0.1, 0.15) is 0 Å². The van der Waals surface area contributed by atoms with Gasteiger partial charge in [0, 0.05) is 19.1 Å². The molecule has 1 unspecified atom stereocenters. The number of hydrogen-bond donors (Lipinski definition) is 2. The molecule has 1 fully saturated rings. The topological polar surface area (TPSA) is 69.6 Å². The van der Waals surface area contributed by atoms with E-state index in [2.05, 4.69) is 11.9 Å². The fraction of sp³-hybridized carbons (Fsp3) is 0.692. The van der Waals surface area contributed by atoms with Crippen LogP contribution in [0.25, 0.3) is 0 Å². The molecule has 1 aliphatic rings. The van der Waals surface area contributed by atoms with Crippen molar-refractivity contribution in [1.82, 2.24) is 10.2 Å². The van der Waals surface area contributed by atoms with E-state index in [-0.39, 0.29) is 11.9 Å². The smallest absolute Gasteiger partial charge is 0.317 e. The highest BCUT2D eigenvalue weighted by Gasteiger charge is 2.31. The second-order valence-electron chi connectivity index (χ2n) is 4.79. The Hall–Kier alpha value is -1.52. The number of urea groups is 1. The van der Waals surface area contributed by atoms with Gasteiger partial charge in [-0.15, -0.1) is 6.58 Å². The maximum absolute atomic E-state index is 11.8. The number of rotatable bonds is 8. The van der Waals surface area contributed by atoms with Gasteiger partial charge in [0.2, 0.25) is 0 Å². The lowest BCUT2D eigenvalue weighted by Crippen LogP contribution is -2.41. The van der Waals surface area contributed by atoms with Crippen LogP contribution in [-0.2, 0) is 4.79 Å². The van der Waals surface area contributed by atoms with E-state index < -0.39 is 5.97 Å². The summed E-state index contributed by atoms with van der Waals surface area (Å²) in [5, 5.41) is 11.6. The minimum atomic E-state index is -0.785. The quantitative estimate of drug-likeness (QED) is 0.513. The van der Waals surface area contributed by atoms with Gasteiger partial charge < -0.3 is 15.3 Å². The monoisotopic (exact) mass is 254 g/mol. The Morgan fingerprint density at radius 3 is 2.72 bits per heavy atom. The van der Waals surface area contributed by atoms with Gasteiger partial charge >= 0.3 is 12.0 Å². The van der Waals surface area contributed by atoms with E-state index in [0.717, 1.165) is 12.8 Å². The molecule has 1 rings (SSSR count). The lowest BCUT2D eigenvalue weighted by atomic mass is 10.1. The molecule has 5 nitrogen and oxygen atoms in total. The van der Waals surface area contributed by atoms with Crippen molar-refractivity contribution in [3.8, 4) is 0 Å². The molecule has 0 aliphatic heterocycles. The van der Waals surface area contributed by atoms with E-state index in [1.54, 1.807) is 17.9 Å². The molecule has 0 heterocycles. The van der Waals surface area contributed by atoms with E-state index in [1.807, 2.05) is 0 Å². The van der Waals surface area contributed by atoms with Crippen LogP contribution in [0.5, 0.6) is 0 Å². The van der Waals surface area contributed by atoms with Crippen molar-refractivity contribution in [1.29, 1.82) is 0 Å². The Kier molecular flexibility index (Phi) is 5.68. The molecule has 0 spiro atoms. The standard InChI is InChI=1S/C13H22N2O3/c1-3-9-15(11-6-7-11)13(18)14-8-4-5-10(2)12(16)17/h3,10-11H,1,4-9H2,2H3,(H,14,18)(H,16,17). The molecule has 2 N–H and O–H groups in total. The van der Waals surface area contributed by atoms with Crippen LogP contribution >= 0.6 is 0 Å². The number of carboxylic acid groups (broad SMARTS) is 1. The van der Waals surface area contributed by atoms with Gasteiger partial charge in [-0.3, -0.25) is 4.79 Å². The fourth-order valence-corrected chi connectivity index (χ4v) is 1.75. The van der Waals surface area contributed by atoms with E-state index in [9.17, 15) is 9.59 Å². The van der Waals surface area contributed by atoms with Crippen molar-refractivity contribution in [2.75, 3.05) is 13.1 Å². The molecule has 0 aromatic rings. The van der Waals surface area contributed by atoms with Gasteiger partial charge in [-0.2, -0.15) is 0 Å². The maximum Gasteiger partial charge on any atom is 0.317 e. The number of carboxylic acids is 1. The van der Waals surface area contributed by atoms with Crippen molar-refractivity contribution in [2.24, 2.45) is 5.92 Å². The van der Waals surface area contributed by atoms with Crippen LogP contribution in [0, 0.1) is 5.92 Å². The summed E-state index contributed by atoms with van der Waals surface area (Å²) in [5.74, 6) is -1.14. The number of aliphatic carboxylic acids is 1. The predicted octanol–water partition coefficient (Wildman–Crippen LogP) is 1.85. The largest absolute Gasteiger partial charge is 0.481 e.